The fourth-order valence-electron chi connectivity index (χ4n) is 1.76. The van der Waals surface area contributed by atoms with Gasteiger partial charge in [0.1, 0.15) is 0 Å². The molecule has 0 saturated carbocycles. The third-order valence-electron chi connectivity index (χ3n) is 2.89. The zero-order chi connectivity index (χ0) is 14.5. The Morgan fingerprint density at radius 3 is 2.53 bits per heavy atom. The van der Waals surface area contributed by atoms with E-state index >= 15 is 0 Å². The van der Waals surface area contributed by atoms with Crippen LogP contribution in [0.25, 0.3) is 0 Å². The van der Waals surface area contributed by atoms with Crippen LogP contribution in [0.15, 0.2) is 17.0 Å². The molecule has 0 heterocycles. The minimum atomic E-state index is -3.50. The Hall–Kier alpha value is -0.780. The fraction of sp³-hybridized carbons (Fsp3) is 0.538. The molecule has 1 aromatic rings. The Bertz CT molecular complexity index is 506. The second kappa shape index (κ2) is 7.12. The van der Waals surface area contributed by atoms with Crippen molar-refractivity contribution in [2.45, 2.75) is 44.4 Å². The molecule has 0 radical (unpaired) electrons. The first-order chi connectivity index (χ1) is 8.88. The summed E-state index contributed by atoms with van der Waals surface area (Å²) in [5, 5.41) is 0.405. The minimum Gasteiger partial charge on any atom is -0.397 e. The summed E-state index contributed by atoms with van der Waals surface area (Å²) < 4.78 is 26.7. The Balaban J connectivity index is 2.72. The third kappa shape index (κ3) is 4.67. The molecule has 0 aliphatic heterocycles. The smallest absolute Gasteiger partial charge is 0.240 e. The van der Waals surface area contributed by atoms with Crippen molar-refractivity contribution in [2.24, 2.45) is 0 Å². The lowest BCUT2D eigenvalue weighted by atomic mass is 10.2. The zero-order valence-corrected chi connectivity index (χ0v) is 12.9. The van der Waals surface area contributed by atoms with Crippen LogP contribution >= 0.6 is 11.6 Å². The highest BCUT2D eigenvalue weighted by Crippen LogP contribution is 2.26. The van der Waals surface area contributed by atoms with Crippen LogP contribution in [0.2, 0.25) is 5.02 Å². The summed E-state index contributed by atoms with van der Waals surface area (Å²) in [4.78, 5) is 0.169. The van der Waals surface area contributed by atoms with Gasteiger partial charge in [0, 0.05) is 6.54 Å². The van der Waals surface area contributed by atoms with E-state index in [4.69, 9.17) is 17.3 Å². The van der Waals surface area contributed by atoms with Crippen LogP contribution < -0.4 is 10.5 Å². The highest BCUT2D eigenvalue weighted by atomic mass is 35.5. The van der Waals surface area contributed by atoms with E-state index in [0.29, 0.717) is 17.1 Å². The van der Waals surface area contributed by atoms with Crippen molar-refractivity contribution in [1.29, 1.82) is 0 Å². The van der Waals surface area contributed by atoms with Crippen LogP contribution in [0.1, 0.15) is 38.2 Å². The molecule has 0 fully saturated rings. The van der Waals surface area contributed by atoms with E-state index in [1.165, 1.54) is 12.1 Å². The van der Waals surface area contributed by atoms with Gasteiger partial charge in [-0.1, -0.05) is 37.8 Å². The predicted octanol–water partition coefficient (Wildman–Crippen LogP) is 3.09. The molecule has 4 nitrogen and oxygen atoms in total. The molecule has 1 rings (SSSR count). The number of nitrogen functional groups attached to an aromatic ring is 1. The van der Waals surface area contributed by atoms with Crippen molar-refractivity contribution in [3.05, 3.63) is 22.7 Å². The van der Waals surface area contributed by atoms with Crippen molar-refractivity contribution in [3.63, 3.8) is 0 Å². The number of sulfonamides is 1. The van der Waals surface area contributed by atoms with Gasteiger partial charge in [-0.25, -0.2) is 13.1 Å². The van der Waals surface area contributed by atoms with Gasteiger partial charge in [0.25, 0.3) is 0 Å². The van der Waals surface area contributed by atoms with Gasteiger partial charge < -0.3 is 5.73 Å². The summed E-state index contributed by atoms with van der Waals surface area (Å²) in [7, 11) is -3.50. The first-order valence-corrected chi connectivity index (χ1v) is 8.30. The summed E-state index contributed by atoms with van der Waals surface area (Å²) in [6.45, 7) is 4.30. The van der Waals surface area contributed by atoms with E-state index in [0.717, 1.165) is 25.7 Å². The Morgan fingerprint density at radius 2 is 1.95 bits per heavy atom. The summed E-state index contributed by atoms with van der Waals surface area (Å²) in [5.41, 5.74) is 6.63. The molecular weight excluding hydrogens is 284 g/mol. The van der Waals surface area contributed by atoms with Gasteiger partial charge in [0.05, 0.1) is 15.6 Å². The number of nitrogens with one attached hydrogen (secondary N) is 1. The van der Waals surface area contributed by atoms with Gasteiger partial charge >= 0.3 is 0 Å². The van der Waals surface area contributed by atoms with Gasteiger partial charge in [0.2, 0.25) is 10.0 Å². The quantitative estimate of drug-likeness (QED) is 0.600. The monoisotopic (exact) mass is 304 g/mol. The molecule has 0 spiro atoms. The van der Waals surface area contributed by atoms with Gasteiger partial charge in [-0.05, 0) is 31.0 Å². The van der Waals surface area contributed by atoms with Crippen LogP contribution in [-0.2, 0) is 10.0 Å². The maximum absolute atomic E-state index is 12.1. The summed E-state index contributed by atoms with van der Waals surface area (Å²) >= 11 is 5.92. The van der Waals surface area contributed by atoms with Gasteiger partial charge in [0.15, 0.2) is 0 Å². The summed E-state index contributed by atoms with van der Waals surface area (Å²) in [5.74, 6) is 0. The highest BCUT2D eigenvalue weighted by Gasteiger charge is 2.16. The van der Waals surface area contributed by atoms with Crippen molar-refractivity contribution in [2.75, 3.05) is 12.3 Å². The van der Waals surface area contributed by atoms with Crippen molar-refractivity contribution in [1.82, 2.24) is 4.72 Å². The highest BCUT2D eigenvalue weighted by molar-refractivity contribution is 7.89. The number of hydrogen-bond acceptors (Lipinski definition) is 3. The predicted molar refractivity (Wildman–Crippen MR) is 79.9 cm³/mol. The van der Waals surface area contributed by atoms with E-state index in [1.807, 2.05) is 0 Å². The van der Waals surface area contributed by atoms with Gasteiger partial charge in [-0.3, -0.25) is 0 Å². The SMILES string of the molecule is CCCCCCNS(=O)(=O)c1cc(C)c(Cl)c(N)c1. The van der Waals surface area contributed by atoms with E-state index < -0.39 is 10.0 Å². The standard InChI is InChI=1S/C13H21ClN2O2S/c1-3-4-5-6-7-16-19(17,18)11-8-10(2)13(14)12(15)9-11/h8-9,16H,3-7,15H2,1-2H3. The molecule has 0 aliphatic rings. The topological polar surface area (TPSA) is 72.2 Å². The number of benzene rings is 1. The number of anilines is 1. The van der Waals surface area contributed by atoms with Crippen LogP contribution in [0.5, 0.6) is 0 Å². The van der Waals surface area contributed by atoms with Gasteiger partial charge in [-0.15, -0.1) is 0 Å². The molecule has 19 heavy (non-hydrogen) atoms. The molecular formula is C13H21ClN2O2S. The number of aryl methyl sites for hydroxylation is 1. The normalized spacial score (nSPS) is 11.7. The fourth-order valence-corrected chi connectivity index (χ4v) is 3.06. The number of nitrogens with two attached hydrogens (primary N) is 1. The summed E-state index contributed by atoms with van der Waals surface area (Å²) in [6, 6.07) is 2.93. The van der Waals surface area contributed by atoms with E-state index in [2.05, 4.69) is 11.6 Å². The first-order valence-electron chi connectivity index (χ1n) is 6.43. The van der Waals surface area contributed by atoms with Crippen LogP contribution in [0.3, 0.4) is 0 Å². The maximum Gasteiger partial charge on any atom is 0.240 e. The molecule has 0 bridgehead atoms. The molecule has 108 valence electrons. The molecule has 1 aromatic carbocycles. The second-order valence-corrected chi connectivity index (χ2v) is 6.75. The molecule has 0 saturated heterocycles. The molecule has 0 atom stereocenters. The van der Waals surface area contributed by atoms with Crippen molar-refractivity contribution in [3.8, 4) is 0 Å². The van der Waals surface area contributed by atoms with Gasteiger partial charge in [-0.2, -0.15) is 0 Å². The lowest BCUT2D eigenvalue weighted by Gasteiger charge is -2.10. The number of halogens is 1. The largest absolute Gasteiger partial charge is 0.397 e. The molecule has 3 N–H and O–H groups in total. The maximum atomic E-state index is 12.1. The lowest BCUT2D eigenvalue weighted by Crippen LogP contribution is -2.25. The van der Waals surface area contributed by atoms with Crippen LogP contribution in [0, 0.1) is 6.92 Å². The number of rotatable bonds is 7. The van der Waals surface area contributed by atoms with Crippen LogP contribution in [0.4, 0.5) is 5.69 Å². The lowest BCUT2D eigenvalue weighted by molar-refractivity contribution is 0.573. The molecule has 0 aliphatic carbocycles. The molecule has 0 unspecified atom stereocenters. The average Bonchev–Trinajstić information content (AvgIpc) is 2.35. The number of hydrogen-bond donors (Lipinski definition) is 2. The Morgan fingerprint density at radius 1 is 1.26 bits per heavy atom. The van der Waals surface area contributed by atoms with E-state index in [9.17, 15) is 8.42 Å². The number of unbranched alkanes of at least 4 members (excludes halogenated alkanes) is 3. The van der Waals surface area contributed by atoms with Crippen molar-refractivity contribution >= 4 is 27.3 Å². The third-order valence-corrected chi connectivity index (χ3v) is 4.85. The minimum absolute atomic E-state index is 0.169. The molecule has 6 heteroatoms. The Kier molecular flexibility index (Phi) is 6.10. The summed E-state index contributed by atoms with van der Waals surface area (Å²) in [6.07, 6.45) is 4.12. The zero-order valence-electron chi connectivity index (χ0n) is 11.4. The molecule has 0 aromatic heterocycles. The Labute approximate surface area is 120 Å². The second-order valence-electron chi connectivity index (χ2n) is 4.60. The van der Waals surface area contributed by atoms with E-state index in [-0.39, 0.29) is 10.6 Å². The van der Waals surface area contributed by atoms with E-state index in [1.54, 1.807) is 6.92 Å². The average molecular weight is 305 g/mol. The van der Waals surface area contributed by atoms with Crippen LogP contribution in [-0.4, -0.2) is 15.0 Å². The first kappa shape index (κ1) is 16.3. The molecule has 0 amide bonds. The van der Waals surface area contributed by atoms with Crippen molar-refractivity contribution < 1.29 is 8.42 Å².